The number of hydrogen-bond donors (Lipinski definition) is 6. The van der Waals surface area contributed by atoms with E-state index < -0.39 is 56.6 Å². The zero-order valence-corrected chi connectivity index (χ0v) is 14.4. The van der Waals surface area contributed by atoms with Gasteiger partial charge in [-0.2, -0.15) is 0 Å². The number of rotatable bonds is 6. The molecular weight excluding hydrogens is 375 g/mol. The lowest BCUT2D eigenvalue weighted by Gasteiger charge is -2.31. The van der Waals surface area contributed by atoms with Crippen molar-refractivity contribution in [3.63, 3.8) is 0 Å². The first-order chi connectivity index (χ1) is 11.9. The molecule has 26 heavy (non-hydrogen) atoms. The van der Waals surface area contributed by atoms with Crippen molar-refractivity contribution in [2.45, 2.75) is 37.3 Å². The third kappa shape index (κ3) is 4.13. The fourth-order valence-corrected chi connectivity index (χ4v) is 2.99. The molecule has 2 heterocycles. The van der Waals surface area contributed by atoms with Crippen LogP contribution in [0.15, 0.2) is 24.0 Å². The summed E-state index contributed by atoms with van der Waals surface area (Å²) in [6.45, 7) is 4.52. The number of ether oxygens (including phenoxy) is 2. The Kier molecular flexibility index (Phi) is 5.88. The highest BCUT2D eigenvalue weighted by molar-refractivity contribution is 7.53. The molecule has 6 N–H and O–H groups in total. The van der Waals surface area contributed by atoms with Crippen molar-refractivity contribution in [1.29, 1.82) is 0 Å². The quantitative estimate of drug-likeness (QED) is 0.289. The summed E-state index contributed by atoms with van der Waals surface area (Å²) in [7, 11) is -5.11. The molecule has 0 spiro atoms. The standard InChI is InChI=1S/C13H19N2O10P/c1-5-3-15(13(20)14-6(5)2)10-9(17)8(16)7(25-10)4-24-12(11(18)19)26(21,22)23/h3,7-10,12,16-17H,2,4H2,1H3,(H,14,20)(H,18,19)(H2,21,22,23). The number of aliphatic carboxylic acids is 1. The number of hydrogen-bond acceptors (Lipinski definition) is 7. The first-order valence-corrected chi connectivity index (χ1v) is 9.00. The Morgan fingerprint density at radius 2 is 2.08 bits per heavy atom. The van der Waals surface area contributed by atoms with Crippen LogP contribution >= 0.6 is 7.60 Å². The van der Waals surface area contributed by atoms with E-state index in [1.165, 1.54) is 6.20 Å². The molecule has 0 radical (unpaired) electrons. The first kappa shape index (κ1) is 20.5. The van der Waals surface area contributed by atoms with Crippen LogP contribution in [0, 0.1) is 0 Å². The Morgan fingerprint density at radius 3 is 2.62 bits per heavy atom. The molecule has 0 aliphatic carbocycles. The normalized spacial score (nSPS) is 30.8. The van der Waals surface area contributed by atoms with Gasteiger partial charge in [-0.1, -0.05) is 6.58 Å². The third-order valence-corrected chi connectivity index (χ3v) is 4.83. The lowest BCUT2D eigenvalue weighted by molar-refractivity contribution is -0.149. The molecule has 0 aromatic rings. The molecule has 5 atom stereocenters. The topological polar surface area (TPSA) is 186 Å². The zero-order valence-electron chi connectivity index (χ0n) is 13.6. The lowest BCUT2D eigenvalue weighted by Crippen LogP contribution is -2.50. The van der Waals surface area contributed by atoms with E-state index >= 15 is 0 Å². The summed E-state index contributed by atoms with van der Waals surface area (Å²) in [4.78, 5) is 41.8. The Morgan fingerprint density at radius 1 is 1.46 bits per heavy atom. The van der Waals surface area contributed by atoms with Crippen molar-refractivity contribution in [2.75, 3.05) is 6.61 Å². The van der Waals surface area contributed by atoms with Crippen LogP contribution in [0.3, 0.4) is 0 Å². The monoisotopic (exact) mass is 394 g/mol. The molecule has 0 bridgehead atoms. The Balaban J connectivity index is 2.10. The minimum atomic E-state index is -5.11. The number of carboxylic acids is 1. The maximum Gasteiger partial charge on any atom is 0.365 e. The number of urea groups is 1. The summed E-state index contributed by atoms with van der Waals surface area (Å²) in [6, 6.07) is -0.669. The molecule has 12 nitrogen and oxygen atoms in total. The molecule has 0 saturated carbocycles. The number of nitrogens with one attached hydrogen (secondary N) is 1. The summed E-state index contributed by atoms with van der Waals surface area (Å²) < 4.78 is 21.1. The maximum atomic E-state index is 12.0. The minimum absolute atomic E-state index is 0.352. The number of nitrogens with zero attached hydrogens (tertiary/aromatic N) is 1. The van der Waals surface area contributed by atoms with Gasteiger partial charge in [0.1, 0.15) is 18.3 Å². The number of aliphatic hydroxyl groups excluding tert-OH is 2. The molecule has 2 amide bonds. The number of carboxylic acid groups (broad SMARTS) is 1. The van der Waals surface area contributed by atoms with Crippen LogP contribution in [0.1, 0.15) is 6.92 Å². The second kappa shape index (κ2) is 7.45. The van der Waals surface area contributed by atoms with Crippen LogP contribution in [0.4, 0.5) is 4.79 Å². The molecule has 2 aliphatic heterocycles. The predicted octanol–water partition coefficient (Wildman–Crippen LogP) is -1.52. The van der Waals surface area contributed by atoms with E-state index in [1.807, 2.05) is 0 Å². The van der Waals surface area contributed by atoms with Crippen molar-refractivity contribution < 1.29 is 48.7 Å². The van der Waals surface area contributed by atoms with Gasteiger partial charge in [-0.3, -0.25) is 9.46 Å². The highest BCUT2D eigenvalue weighted by atomic mass is 31.2. The maximum absolute atomic E-state index is 12.0. The summed E-state index contributed by atoms with van der Waals surface area (Å²) >= 11 is 0. The van der Waals surface area contributed by atoms with E-state index in [1.54, 1.807) is 6.92 Å². The van der Waals surface area contributed by atoms with Crippen molar-refractivity contribution >= 4 is 19.6 Å². The molecule has 5 unspecified atom stereocenters. The van der Waals surface area contributed by atoms with Crippen molar-refractivity contribution in [1.82, 2.24) is 10.2 Å². The van der Waals surface area contributed by atoms with Crippen LogP contribution in [0.2, 0.25) is 0 Å². The average molecular weight is 394 g/mol. The van der Waals surface area contributed by atoms with Crippen LogP contribution in [-0.4, -0.2) is 79.0 Å². The van der Waals surface area contributed by atoms with Gasteiger partial charge in [-0.25, -0.2) is 9.59 Å². The highest BCUT2D eigenvalue weighted by Crippen LogP contribution is 2.42. The van der Waals surface area contributed by atoms with Gasteiger partial charge < -0.3 is 39.9 Å². The number of allylic oxidation sites excluding steroid dienone is 1. The SMILES string of the molecule is C=C1NC(=O)N(C2OC(COC(C(=O)O)P(=O)(O)O)C(O)C2O)C=C1C. The Bertz CT molecular complexity index is 688. The largest absolute Gasteiger partial charge is 0.479 e. The third-order valence-electron chi connectivity index (χ3n) is 3.85. The minimum Gasteiger partial charge on any atom is -0.479 e. The van der Waals surface area contributed by atoms with Crippen molar-refractivity contribution in [3.05, 3.63) is 24.0 Å². The van der Waals surface area contributed by atoms with Gasteiger partial charge in [0.2, 0.25) is 0 Å². The summed E-state index contributed by atoms with van der Waals surface area (Å²) in [6.07, 6.45) is -4.45. The number of aliphatic hydroxyl groups is 2. The number of amides is 2. The lowest BCUT2D eigenvalue weighted by atomic mass is 10.1. The molecule has 0 aromatic carbocycles. The van der Waals surface area contributed by atoms with Gasteiger partial charge in [0.15, 0.2) is 6.23 Å². The molecule has 2 aliphatic rings. The second-order valence-electron chi connectivity index (χ2n) is 5.79. The Hall–Kier alpha value is -1.79. The number of carbonyl (C=O) groups excluding carboxylic acids is 1. The molecule has 13 heteroatoms. The molecule has 2 rings (SSSR count). The molecular formula is C13H19N2O10P. The fourth-order valence-electron chi connectivity index (χ4n) is 2.42. The highest BCUT2D eigenvalue weighted by Gasteiger charge is 2.48. The zero-order chi connectivity index (χ0) is 19.8. The van der Waals surface area contributed by atoms with Gasteiger partial charge in [0.05, 0.1) is 6.61 Å². The van der Waals surface area contributed by atoms with E-state index in [9.17, 15) is 24.4 Å². The molecule has 1 saturated heterocycles. The van der Waals surface area contributed by atoms with Gasteiger partial charge >= 0.3 is 19.6 Å². The van der Waals surface area contributed by atoms with Gasteiger partial charge in [-0.05, 0) is 12.5 Å². The Labute approximate surface area is 147 Å². The van der Waals surface area contributed by atoms with Crippen LogP contribution in [-0.2, 0) is 18.8 Å². The van der Waals surface area contributed by atoms with Crippen LogP contribution in [0.5, 0.6) is 0 Å². The van der Waals surface area contributed by atoms with Crippen molar-refractivity contribution in [2.24, 2.45) is 0 Å². The summed E-state index contributed by atoms with van der Waals surface area (Å²) in [5.41, 5.74) is 0.923. The van der Waals surface area contributed by atoms with Crippen LogP contribution in [0.25, 0.3) is 0 Å². The molecule has 1 fully saturated rings. The van der Waals surface area contributed by atoms with E-state index in [4.69, 9.17) is 19.6 Å². The van der Waals surface area contributed by atoms with E-state index in [-0.39, 0.29) is 0 Å². The number of carbonyl (C=O) groups is 2. The van der Waals surface area contributed by atoms with E-state index in [0.29, 0.717) is 11.3 Å². The van der Waals surface area contributed by atoms with E-state index in [0.717, 1.165) is 4.90 Å². The van der Waals surface area contributed by atoms with Gasteiger partial charge in [-0.15, -0.1) is 0 Å². The molecule has 146 valence electrons. The summed E-state index contributed by atoms with van der Waals surface area (Å²) in [5, 5.41) is 31.4. The first-order valence-electron chi connectivity index (χ1n) is 7.31. The predicted molar refractivity (Wildman–Crippen MR) is 83.4 cm³/mol. The average Bonchev–Trinajstić information content (AvgIpc) is 2.78. The fraction of sp³-hybridized carbons (Fsp3) is 0.538. The van der Waals surface area contributed by atoms with Gasteiger partial charge in [0.25, 0.3) is 5.85 Å². The molecule has 0 aromatic heterocycles. The van der Waals surface area contributed by atoms with E-state index in [2.05, 4.69) is 16.6 Å². The van der Waals surface area contributed by atoms with Crippen molar-refractivity contribution in [3.8, 4) is 0 Å². The second-order valence-corrected chi connectivity index (χ2v) is 7.43. The summed E-state index contributed by atoms with van der Waals surface area (Å²) in [5.74, 6) is -4.34. The van der Waals surface area contributed by atoms with Crippen LogP contribution < -0.4 is 5.32 Å². The smallest absolute Gasteiger partial charge is 0.365 e. The van der Waals surface area contributed by atoms with Gasteiger partial charge in [0, 0.05) is 11.9 Å².